The molecule has 2 unspecified atom stereocenters. The van der Waals surface area contributed by atoms with Crippen molar-refractivity contribution in [1.29, 1.82) is 0 Å². The number of anilines is 1. The van der Waals surface area contributed by atoms with E-state index in [1.165, 1.54) is 5.56 Å². The van der Waals surface area contributed by atoms with E-state index in [4.69, 9.17) is 12.2 Å². The summed E-state index contributed by atoms with van der Waals surface area (Å²) in [5.41, 5.74) is 5.52. The molecule has 0 spiro atoms. The first-order valence-corrected chi connectivity index (χ1v) is 11.3. The van der Waals surface area contributed by atoms with E-state index in [1.54, 1.807) is 0 Å². The summed E-state index contributed by atoms with van der Waals surface area (Å²) in [6, 6.07) is 27.0. The van der Waals surface area contributed by atoms with E-state index in [9.17, 15) is 0 Å². The summed E-state index contributed by atoms with van der Waals surface area (Å²) in [7, 11) is 0. The predicted octanol–water partition coefficient (Wildman–Crippen LogP) is 6.12. The van der Waals surface area contributed by atoms with Crippen molar-refractivity contribution >= 4 is 38.9 Å². The molecule has 1 fully saturated rings. The van der Waals surface area contributed by atoms with Crippen molar-refractivity contribution in [2.45, 2.75) is 19.0 Å². The summed E-state index contributed by atoms with van der Waals surface area (Å²) >= 11 is 9.37. The molecular weight excluding hydrogens is 468 g/mol. The molecule has 2 aromatic heterocycles. The zero-order valence-corrected chi connectivity index (χ0v) is 19.3. The highest BCUT2D eigenvalue weighted by atomic mass is 79.9. The summed E-state index contributed by atoms with van der Waals surface area (Å²) in [4.78, 5) is 6.84. The largest absolute Gasteiger partial charge is 0.351 e. The quantitative estimate of drug-likeness (QED) is 0.350. The van der Waals surface area contributed by atoms with E-state index in [2.05, 4.69) is 103 Å². The van der Waals surface area contributed by atoms with Crippen LogP contribution in [0.5, 0.6) is 0 Å². The van der Waals surface area contributed by atoms with Gasteiger partial charge in [0, 0.05) is 33.9 Å². The third-order valence-corrected chi connectivity index (χ3v) is 6.44. The van der Waals surface area contributed by atoms with E-state index in [0.29, 0.717) is 5.11 Å². The number of aromatic nitrogens is 2. The molecule has 31 heavy (non-hydrogen) atoms. The van der Waals surface area contributed by atoms with Crippen molar-refractivity contribution in [3.63, 3.8) is 0 Å². The summed E-state index contributed by atoms with van der Waals surface area (Å²) in [5, 5.41) is 4.22. The normalized spacial score (nSPS) is 18.3. The fourth-order valence-corrected chi connectivity index (χ4v) is 4.72. The van der Waals surface area contributed by atoms with Crippen LogP contribution in [0.25, 0.3) is 5.69 Å². The Morgan fingerprint density at radius 3 is 2.35 bits per heavy atom. The van der Waals surface area contributed by atoms with Crippen molar-refractivity contribution in [2.24, 2.45) is 0 Å². The van der Waals surface area contributed by atoms with Gasteiger partial charge in [-0.25, -0.2) is 0 Å². The van der Waals surface area contributed by atoms with Crippen LogP contribution in [0.1, 0.15) is 29.0 Å². The molecule has 3 heterocycles. The van der Waals surface area contributed by atoms with Gasteiger partial charge in [0.15, 0.2) is 5.11 Å². The summed E-state index contributed by atoms with van der Waals surface area (Å²) in [6.45, 7) is 2.10. The van der Waals surface area contributed by atoms with Crippen LogP contribution >= 0.6 is 28.1 Å². The fraction of sp³-hybridized carbons (Fsp3) is 0.120. The Morgan fingerprint density at radius 1 is 0.903 bits per heavy atom. The highest BCUT2D eigenvalue weighted by Gasteiger charge is 2.42. The molecule has 0 radical (unpaired) electrons. The van der Waals surface area contributed by atoms with Gasteiger partial charge in [-0.1, -0.05) is 39.7 Å². The van der Waals surface area contributed by atoms with Crippen molar-refractivity contribution in [3.8, 4) is 5.69 Å². The van der Waals surface area contributed by atoms with Crippen molar-refractivity contribution in [3.05, 3.63) is 113 Å². The van der Waals surface area contributed by atoms with Gasteiger partial charge in [0.2, 0.25) is 0 Å². The van der Waals surface area contributed by atoms with Gasteiger partial charge in [0.25, 0.3) is 0 Å². The maximum absolute atomic E-state index is 5.83. The third-order valence-electron chi connectivity index (χ3n) is 5.60. The molecule has 1 saturated heterocycles. The molecule has 4 nitrogen and oxygen atoms in total. The van der Waals surface area contributed by atoms with Crippen LogP contribution in [0, 0.1) is 6.92 Å². The lowest BCUT2D eigenvalue weighted by molar-refractivity contribution is 0.549. The molecule has 1 N–H and O–H groups in total. The zero-order chi connectivity index (χ0) is 21.4. The topological polar surface area (TPSA) is 33.1 Å². The van der Waals surface area contributed by atoms with Gasteiger partial charge >= 0.3 is 0 Å². The molecule has 0 amide bonds. The average molecular weight is 489 g/mol. The number of aryl methyl sites for hydroxylation is 1. The molecule has 6 heteroatoms. The molecule has 4 aromatic rings. The second kappa shape index (κ2) is 8.29. The number of pyridine rings is 1. The average Bonchev–Trinajstić information content (AvgIpc) is 3.40. The number of nitrogens with zero attached hydrogens (tertiary/aromatic N) is 3. The Kier molecular flexibility index (Phi) is 5.34. The van der Waals surface area contributed by atoms with Crippen LogP contribution in [0.2, 0.25) is 0 Å². The second-order valence-corrected chi connectivity index (χ2v) is 8.91. The Morgan fingerprint density at radius 2 is 1.65 bits per heavy atom. The van der Waals surface area contributed by atoms with E-state index in [-0.39, 0.29) is 12.1 Å². The minimum Gasteiger partial charge on any atom is -0.351 e. The number of hydrogen-bond acceptors (Lipinski definition) is 2. The molecule has 1 aliphatic rings. The molecule has 5 rings (SSSR count). The number of halogens is 1. The lowest BCUT2D eigenvalue weighted by Crippen LogP contribution is -2.30. The fourth-order valence-electron chi connectivity index (χ4n) is 4.11. The first kappa shape index (κ1) is 20.0. The van der Waals surface area contributed by atoms with Gasteiger partial charge < -0.3 is 14.8 Å². The number of thiocarbonyl (C=S) groups is 1. The minimum atomic E-state index is -0.0727. The highest BCUT2D eigenvalue weighted by molar-refractivity contribution is 9.10. The lowest BCUT2D eigenvalue weighted by atomic mass is 10.0. The van der Waals surface area contributed by atoms with E-state index < -0.39 is 0 Å². The van der Waals surface area contributed by atoms with Gasteiger partial charge in [-0.15, -0.1) is 0 Å². The molecule has 0 saturated carbocycles. The first-order chi connectivity index (χ1) is 15.1. The third kappa shape index (κ3) is 3.77. The van der Waals surface area contributed by atoms with Gasteiger partial charge in [-0.2, -0.15) is 0 Å². The number of nitrogens with one attached hydrogen (secondary N) is 1. The van der Waals surface area contributed by atoms with Gasteiger partial charge in [-0.3, -0.25) is 4.98 Å². The summed E-state index contributed by atoms with van der Waals surface area (Å²) in [6.07, 6.45) is 3.94. The highest BCUT2D eigenvalue weighted by Crippen LogP contribution is 2.42. The molecule has 0 bridgehead atoms. The molecule has 2 atom stereocenters. The van der Waals surface area contributed by atoms with Crippen LogP contribution in [-0.4, -0.2) is 14.7 Å². The summed E-state index contributed by atoms with van der Waals surface area (Å²) < 4.78 is 3.27. The van der Waals surface area contributed by atoms with Crippen LogP contribution in [0.15, 0.2) is 95.7 Å². The predicted molar refractivity (Wildman–Crippen MR) is 133 cm³/mol. The van der Waals surface area contributed by atoms with Crippen molar-refractivity contribution in [1.82, 2.24) is 14.9 Å². The molecule has 2 aromatic carbocycles. The monoisotopic (exact) mass is 488 g/mol. The van der Waals surface area contributed by atoms with Gasteiger partial charge in [0.1, 0.15) is 6.04 Å². The zero-order valence-electron chi connectivity index (χ0n) is 16.9. The molecule has 154 valence electrons. The van der Waals surface area contributed by atoms with Crippen molar-refractivity contribution < 1.29 is 0 Å². The Labute approximate surface area is 195 Å². The molecule has 0 aliphatic carbocycles. The van der Waals surface area contributed by atoms with Gasteiger partial charge in [-0.05, 0) is 79.8 Å². The second-order valence-electron chi connectivity index (χ2n) is 7.61. The number of rotatable bonds is 4. The van der Waals surface area contributed by atoms with E-state index >= 15 is 0 Å². The van der Waals surface area contributed by atoms with Crippen LogP contribution < -0.4 is 10.2 Å². The maximum Gasteiger partial charge on any atom is 0.174 e. The Balaban J connectivity index is 1.66. The first-order valence-electron chi connectivity index (χ1n) is 10.1. The van der Waals surface area contributed by atoms with Gasteiger partial charge in [0.05, 0.1) is 11.7 Å². The number of hydrogen-bond donors (Lipinski definition) is 1. The van der Waals surface area contributed by atoms with Crippen molar-refractivity contribution in [2.75, 3.05) is 4.90 Å². The standard InChI is InChI=1S/C25H21BrN4S/c1-17-7-11-19(12-8-17)29-16-4-6-22(29)24-23(21-5-2-3-15-27-21)28-25(31)30(24)20-13-9-18(26)10-14-20/h2-16,23-24H,1H3,(H,28,31). The lowest BCUT2D eigenvalue weighted by Gasteiger charge is -2.29. The smallest absolute Gasteiger partial charge is 0.174 e. The Bertz CT molecular complexity index is 1200. The SMILES string of the molecule is Cc1ccc(-n2cccc2C2C(c3ccccn3)NC(=S)N2c2ccc(Br)cc2)cc1. The molecule has 1 aliphatic heterocycles. The van der Waals surface area contributed by atoms with Crippen LogP contribution in [-0.2, 0) is 0 Å². The molecular formula is C25H21BrN4S. The summed E-state index contributed by atoms with van der Waals surface area (Å²) in [5.74, 6) is 0. The maximum atomic E-state index is 5.83. The van der Waals surface area contributed by atoms with Crippen LogP contribution in [0.4, 0.5) is 5.69 Å². The Hall–Kier alpha value is -2.96. The van der Waals surface area contributed by atoms with Crippen LogP contribution in [0.3, 0.4) is 0 Å². The van der Waals surface area contributed by atoms with E-state index in [0.717, 1.165) is 27.2 Å². The number of benzene rings is 2. The minimum absolute atomic E-state index is 0.0557. The van der Waals surface area contributed by atoms with E-state index in [1.807, 2.05) is 30.5 Å².